The summed E-state index contributed by atoms with van der Waals surface area (Å²) in [6.07, 6.45) is 6.05. The third kappa shape index (κ3) is 1.65. The van der Waals surface area contributed by atoms with Crippen molar-refractivity contribution < 1.29 is 0 Å². The average Bonchev–Trinajstić information content (AvgIpc) is 2.68. The van der Waals surface area contributed by atoms with Crippen LogP contribution in [-0.2, 0) is 6.42 Å². The number of aromatic amines is 1. The van der Waals surface area contributed by atoms with Gasteiger partial charge in [0, 0.05) is 30.1 Å². The molecule has 0 fully saturated rings. The molecule has 4 heteroatoms. The van der Waals surface area contributed by atoms with Crippen LogP contribution in [0.2, 0.25) is 0 Å². The summed E-state index contributed by atoms with van der Waals surface area (Å²) >= 11 is 0. The number of hydrogen-bond donors (Lipinski definition) is 2. The van der Waals surface area contributed by atoms with E-state index in [1.54, 1.807) is 18.7 Å². The summed E-state index contributed by atoms with van der Waals surface area (Å²) in [5.41, 5.74) is 8.55. The fourth-order valence-corrected chi connectivity index (χ4v) is 1.41. The Morgan fingerprint density at radius 3 is 3.07 bits per heavy atom. The highest BCUT2D eigenvalue weighted by atomic mass is 14.9. The molecule has 3 N–H and O–H groups in total. The van der Waals surface area contributed by atoms with Crippen LogP contribution < -0.4 is 5.73 Å². The Morgan fingerprint density at radius 1 is 1.43 bits per heavy atom. The Morgan fingerprint density at radius 2 is 2.36 bits per heavy atom. The van der Waals surface area contributed by atoms with E-state index >= 15 is 0 Å². The molecule has 0 atom stereocenters. The summed E-state index contributed by atoms with van der Waals surface area (Å²) in [6.45, 7) is 0.620. The first-order chi connectivity index (χ1) is 6.92. The Hall–Kier alpha value is -1.68. The van der Waals surface area contributed by atoms with Crippen LogP contribution in [0.3, 0.4) is 0 Å². The van der Waals surface area contributed by atoms with Crippen LogP contribution in [0, 0.1) is 0 Å². The Labute approximate surface area is 82.2 Å². The number of hydrogen-bond acceptors (Lipinski definition) is 3. The topological polar surface area (TPSA) is 67.6 Å². The summed E-state index contributed by atoms with van der Waals surface area (Å²) in [4.78, 5) is 11.4. The molecule has 2 aromatic heterocycles. The van der Waals surface area contributed by atoms with E-state index < -0.39 is 0 Å². The minimum absolute atomic E-state index is 0.620. The molecular formula is C10H12N4. The molecular weight excluding hydrogens is 176 g/mol. The van der Waals surface area contributed by atoms with Gasteiger partial charge in [-0.25, -0.2) is 4.98 Å². The van der Waals surface area contributed by atoms with E-state index in [1.807, 2.05) is 12.1 Å². The maximum Gasteiger partial charge on any atom is 0.0929 e. The van der Waals surface area contributed by atoms with E-state index in [9.17, 15) is 0 Å². The van der Waals surface area contributed by atoms with Crippen LogP contribution in [0.5, 0.6) is 0 Å². The zero-order valence-corrected chi connectivity index (χ0v) is 7.77. The second-order valence-electron chi connectivity index (χ2n) is 3.01. The molecule has 0 radical (unpaired) electrons. The minimum atomic E-state index is 0.620. The first-order valence-corrected chi connectivity index (χ1v) is 4.54. The van der Waals surface area contributed by atoms with Gasteiger partial charge in [-0.3, -0.25) is 4.98 Å². The quantitative estimate of drug-likeness (QED) is 0.754. The van der Waals surface area contributed by atoms with Gasteiger partial charge in [-0.1, -0.05) is 0 Å². The first-order valence-electron chi connectivity index (χ1n) is 4.54. The van der Waals surface area contributed by atoms with E-state index in [0.29, 0.717) is 6.54 Å². The predicted octanol–water partition coefficient (Wildman–Crippen LogP) is 0.973. The second kappa shape index (κ2) is 4.02. The normalized spacial score (nSPS) is 10.4. The van der Waals surface area contributed by atoms with Crippen molar-refractivity contribution in [2.45, 2.75) is 6.42 Å². The SMILES string of the molecule is NCCc1[nH]cnc1-c1cccnc1. The van der Waals surface area contributed by atoms with Crippen molar-refractivity contribution in [3.05, 3.63) is 36.5 Å². The maximum atomic E-state index is 5.50. The smallest absolute Gasteiger partial charge is 0.0929 e. The molecule has 2 aromatic rings. The van der Waals surface area contributed by atoms with Crippen LogP contribution in [0.25, 0.3) is 11.3 Å². The van der Waals surface area contributed by atoms with Gasteiger partial charge in [0.25, 0.3) is 0 Å². The van der Waals surface area contributed by atoms with Gasteiger partial charge in [0.1, 0.15) is 0 Å². The molecule has 0 unspecified atom stereocenters. The van der Waals surface area contributed by atoms with Crippen LogP contribution in [0.1, 0.15) is 5.69 Å². The lowest BCUT2D eigenvalue weighted by atomic mass is 10.1. The van der Waals surface area contributed by atoms with Crippen LogP contribution in [0.4, 0.5) is 0 Å². The molecule has 0 aliphatic heterocycles. The largest absolute Gasteiger partial charge is 0.348 e. The Kier molecular flexibility index (Phi) is 2.55. The molecule has 0 spiro atoms. The molecule has 0 bridgehead atoms. The van der Waals surface area contributed by atoms with Gasteiger partial charge in [-0.05, 0) is 18.7 Å². The summed E-state index contributed by atoms with van der Waals surface area (Å²) in [5, 5.41) is 0. The highest BCUT2D eigenvalue weighted by Crippen LogP contribution is 2.18. The van der Waals surface area contributed by atoms with Gasteiger partial charge in [0.2, 0.25) is 0 Å². The van der Waals surface area contributed by atoms with Gasteiger partial charge >= 0.3 is 0 Å². The molecule has 2 heterocycles. The molecule has 0 amide bonds. The highest BCUT2D eigenvalue weighted by Gasteiger charge is 2.06. The number of nitrogens with zero attached hydrogens (tertiary/aromatic N) is 2. The van der Waals surface area contributed by atoms with Crippen LogP contribution in [-0.4, -0.2) is 21.5 Å². The van der Waals surface area contributed by atoms with Gasteiger partial charge in [0.15, 0.2) is 0 Å². The molecule has 0 aliphatic rings. The van der Waals surface area contributed by atoms with Crippen molar-refractivity contribution in [2.24, 2.45) is 5.73 Å². The lowest BCUT2D eigenvalue weighted by Gasteiger charge is -1.99. The average molecular weight is 188 g/mol. The zero-order chi connectivity index (χ0) is 9.80. The molecule has 4 nitrogen and oxygen atoms in total. The molecule has 0 aliphatic carbocycles. The fourth-order valence-electron chi connectivity index (χ4n) is 1.41. The molecule has 14 heavy (non-hydrogen) atoms. The molecule has 0 aromatic carbocycles. The van der Waals surface area contributed by atoms with Crippen molar-refractivity contribution in [3.63, 3.8) is 0 Å². The van der Waals surface area contributed by atoms with Gasteiger partial charge in [-0.15, -0.1) is 0 Å². The zero-order valence-electron chi connectivity index (χ0n) is 7.77. The van der Waals surface area contributed by atoms with E-state index in [1.165, 1.54) is 0 Å². The monoisotopic (exact) mass is 188 g/mol. The van der Waals surface area contributed by atoms with Gasteiger partial charge < -0.3 is 10.7 Å². The van der Waals surface area contributed by atoms with E-state index in [-0.39, 0.29) is 0 Å². The number of nitrogens with two attached hydrogens (primary N) is 1. The minimum Gasteiger partial charge on any atom is -0.348 e. The number of pyridine rings is 1. The van der Waals surface area contributed by atoms with Crippen LogP contribution in [0.15, 0.2) is 30.9 Å². The summed E-state index contributed by atoms with van der Waals surface area (Å²) < 4.78 is 0. The van der Waals surface area contributed by atoms with Gasteiger partial charge in [-0.2, -0.15) is 0 Å². The van der Waals surface area contributed by atoms with Crippen molar-refractivity contribution in [1.82, 2.24) is 15.0 Å². The number of imidazole rings is 1. The second-order valence-corrected chi connectivity index (χ2v) is 3.01. The number of H-pyrrole nitrogens is 1. The number of aromatic nitrogens is 3. The van der Waals surface area contributed by atoms with Crippen molar-refractivity contribution in [1.29, 1.82) is 0 Å². The van der Waals surface area contributed by atoms with Gasteiger partial charge in [0.05, 0.1) is 12.0 Å². The van der Waals surface area contributed by atoms with Crippen molar-refractivity contribution in [3.8, 4) is 11.3 Å². The molecule has 0 saturated heterocycles. The van der Waals surface area contributed by atoms with Crippen molar-refractivity contribution in [2.75, 3.05) is 6.54 Å². The van der Waals surface area contributed by atoms with E-state index in [2.05, 4.69) is 15.0 Å². The Bertz CT molecular complexity index is 394. The highest BCUT2D eigenvalue weighted by molar-refractivity contribution is 5.60. The molecule has 2 rings (SSSR count). The summed E-state index contributed by atoms with van der Waals surface area (Å²) in [6, 6.07) is 3.89. The van der Waals surface area contributed by atoms with Crippen LogP contribution >= 0.6 is 0 Å². The summed E-state index contributed by atoms with van der Waals surface area (Å²) in [7, 11) is 0. The van der Waals surface area contributed by atoms with E-state index in [4.69, 9.17) is 5.73 Å². The Balaban J connectivity index is 2.37. The summed E-state index contributed by atoms with van der Waals surface area (Å²) in [5.74, 6) is 0. The van der Waals surface area contributed by atoms with Crippen molar-refractivity contribution >= 4 is 0 Å². The number of rotatable bonds is 3. The number of nitrogens with one attached hydrogen (secondary N) is 1. The molecule has 0 saturated carbocycles. The lowest BCUT2D eigenvalue weighted by molar-refractivity contribution is 0.936. The lowest BCUT2D eigenvalue weighted by Crippen LogP contribution is -2.04. The van der Waals surface area contributed by atoms with E-state index in [0.717, 1.165) is 23.4 Å². The fraction of sp³-hybridized carbons (Fsp3) is 0.200. The predicted molar refractivity (Wildman–Crippen MR) is 54.6 cm³/mol. The first kappa shape index (κ1) is 8.90. The standard InChI is InChI=1S/C10H12N4/c11-4-3-9-10(14-7-13-9)8-2-1-5-12-6-8/h1-2,5-7H,3-4,11H2,(H,13,14). The maximum absolute atomic E-state index is 5.50. The third-order valence-electron chi connectivity index (χ3n) is 2.05. The molecule has 72 valence electrons. The third-order valence-corrected chi connectivity index (χ3v) is 2.05.